The summed E-state index contributed by atoms with van der Waals surface area (Å²) in [5.41, 5.74) is 0. The first-order valence-electron chi connectivity index (χ1n) is 4.87. The van der Waals surface area contributed by atoms with Crippen molar-refractivity contribution in [1.82, 2.24) is 0 Å². The first-order valence-corrected chi connectivity index (χ1v) is 4.87. The number of hydrogen-bond acceptors (Lipinski definition) is 0. The van der Waals surface area contributed by atoms with Crippen LogP contribution < -0.4 is 0 Å². The van der Waals surface area contributed by atoms with Crippen LogP contribution >= 0.6 is 0 Å². The molecule has 0 saturated heterocycles. The average molecular weight is 151 g/mol. The van der Waals surface area contributed by atoms with Crippen LogP contribution in [0.5, 0.6) is 0 Å². The maximum atomic E-state index is 3.91. The van der Waals surface area contributed by atoms with Crippen LogP contribution in [0.1, 0.15) is 44.9 Å². The Morgan fingerprint density at radius 2 is 2.18 bits per heavy atom. The molecular formula is C11H19. The molecule has 1 atom stereocenters. The molecule has 0 N–H and O–H groups in total. The Hall–Kier alpha value is -0.260. The van der Waals surface area contributed by atoms with Crippen LogP contribution in [0, 0.1) is 12.8 Å². The Morgan fingerprint density at radius 3 is 3.00 bits per heavy atom. The molecule has 0 aromatic rings. The van der Waals surface area contributed by atoms with E-state index in [2.05, 4.69) is 19.1 Å². The molecular weight excluding hydrogens is 132 g/mol. The molecule has 1 rings (SSSR count). The lowest BCUT2D eigenvalue weighted by atomic mass is 9.91. The number of allylic oxidation sites excluding steroid dienone is 2. The molecule has 1 aliphatic rings. The Bertz CT molecular complexity index is 113. The molecule has 0 spiro atoms. The SMILES string of the molecule is [CH2]CCC1CC=CCCCC1. The molecule has 1 aliphatic carbocycles. The van der Waals surface area contributed by atoms with Gasteiger partial charge in [-0.1, -0.05) is 44.8 Å². The van der Waals surface area contributed by atoms with Crippen molar-refractivity contribution in [2.75, 3.05) is 0 Å². The van der Waals surface area contributed by atoms with Crippen LogP contribution in [0.3, 0.4) is 0 Å². The molecule has 0 bridgehead atoms. The van der Waals surface area contributed by atoms with Crippen molar-refractivity contribution in [2.24, 2.45) is 5.92 Å². The lowest BCUT2D eigenvalue weighted by Crippen LogP contribution is -2.00. The fourth-order valence-corrected chi connectivity index (χ4v) is 1.77. The predicted octanol–water partition coefficient (Wildman–Crippen LogP) is 3.74. The van der Waals surface area contributed by atoms with Crippen molar-refractivity contribution in [1.29, 1.82) is 0 Å². The van der Waals surface area contributed by atoms with Crippen molar-refractivity contribution in [2.45, 2.75) is 44.9 Å². The topological polar surface area (TPSA) is 0 Å². The molecule has 1 radical (unpaired) electrons. The highest BCUT2D eigenvalue weighted by atomic mass is 14.1. The second-order valence-electron chi connectivity index (χ2n) is 3.50. The highest BCUT2D eigenvalue weighted by Gasteiger charge is 2.06. The van der Waals surface area contributed by atoms with Gasteiger partial charge >= 0.3 is 0 Å². The summed E-state index contributed by atoms with van der Waals surface area (Å²) in [6, 6.07) is 0. The van der Waals surface area contributed by atoms with E-state index in [9.17, 15) is 0 Å². The van der Waals surface area contributed by atoms with Crippen LogP contribution in [-0.4, -0.2) is 0 Å². The second-order valence-corrected chi connectivity index (χ2v) is 3.50. The van der Waals surface area contributed by atoms with E-state index in [1.54, 1.807) is 0 Å². The van der Waals surface area contributed by atoms with Gasteiger partial charge < -0.3 is 0 Å². The molecule has 0 fully saturated rings. The summed E-state index contributed by atoms with van der Waals surface area (Å²) >= 11 is 0. The van der Waals surface area contributed by atoms with E-state index in [1.807, 2.05) is 0 Å². The van der Waals surface area contributed by atoms with E-state index in [0.29, 0.717) is 0 Å². The van der Waals surface area contributed by atoms with Gasteiger partial charge in [0.1, 0.15) is 0 Å². The molecule has 0 saturated carbocycles. The largest absolute Gasteiger partial charge is 0.0885 e. The van der Waals surface area contributed by atoms with Gasteiger partial charge in [-0.05, 0) is 25.2 Å². The Morgan fingerprint density at radius 1 is 1.27 bits per heavy atom. The van der Waals surface area contributed by atoms with Crippen LogP contribution in [0.15, 0.2) is 12.2 Å². The zero-order chi connectivity index (χ0) is 7.94. The van der Waals surface area contributed by atoms with Crippen LogP contribution in [0.2, 0.25) is 0 Å². The van der Waals surface area contributed by atoms with Crippen molar-refractivity contribution in [3.63, 3.8) is 0 Å². The minimum atomic E-state index is 0.934. The smallest absolute Gasteiger partial charge is 0.0322 e. The number of rotatable bonds is 2. The van der Waals surface area contributed by atoms with E-state index in [0.717, 1.165) is 12.3 Å². The van der Waals surface area contributed by atoms with Gasteiger partial charge in [-0.25, -0.2) is 0 Å². The van der Waals surface area contributed by atoms with E-state index in [1.165, 1.54) is 38.5 Å². The van der Waals surface area contributed by atoms with Gasteiger partial charge in [-0.3, -0.25) is 0 Å². The lowest BCUT2D eigenvalue weighted by molar-refractivity contribution is 0.431. The van der Waals surface area contributed by atoms with E-state index in [-0.39, 0.29) is 0 Å². The van der Waals surface area contributed by atoms with Crippen molar-refractivity contribution >= 4 is 0 Å². The zero-order valence-corrected chi connectivity index (χ0v) is 7.39. The quantitative estimate of drug-likeness (QED) is 0.527. The Balaban J connectivity index is 2.26. The summed E-state index contributed by atoms with van der Waals surface area (Å²) in [5.74, 6) is 0.934. The molecule has 0 heteroatoms. The van der Waals surface area contributed by atoms with Crippen LogP contribution in [0.25, 0.3) is 0 Å². The molecule has 63 valence electrons. The molecule has 0 aromatic carbocycles. The number of hydrogen-bond donors (Lipinski definition) is 0. The van der Waals surface area contributed by atoms with Gasteiger partial charge in [0.25, 0.3) is 0 Å². The summed E-state index contributed by atoms with van der Waals surface area (Å²) in [7, 11) is 0. The van der Waals surface area contributed by atoms with Crippen molar-refractivity contribution in [3.8, 4) is 0 Å². The van der Waals surface area contributed by atoms with E-state index >= 15 is 0 Å². The highest BCUT2D eigenvalue weighted by Crippen LogP contribution is 2.21. The maximum absolute atomic E-state index is 3.91. The van der Waals surface area contributed by atoms with Gasteiger partial charge in [-0.2, -0.15) is 0 Å². The van der Waals surface area contributed by atoms with Crippen LogP contribution in [-0.2, 0) is 0 Å². The Kier molecular flexibility index (Phi) is 4.33. The monoisotopic (exact) mass is 151 g/mol. The molecule has 0 aliphatic heterocycles. The fraction of sp³-hybridized carbons (Fsp3) is 0.727. The van der Waals surface area contributed by atoms with E-state index in [4.69, 9.17) is 0 Å². The maximum Gasteiger partial charge on any atom is -0.0322 e. The standard InChI is InChI=1S/C11H19/c1-2-8-11-9-6-4-3-5-7-10-11/h4,6,11H,1-3,5,7-10H2. The lowest BCUT2D eigenvalue weighted by Gasteiger charge is -2.15. The van der Waals surface area contributed by atoms with Gasteiger partial charge in [0.15, 0.2) is 0 Å². The molecule has 0 aromatic heterocycles. The molecule has 0 nitrogen and oxygen atoms in total. The van der Waals surface area contributed by atoms with Gasteiger partial charge in [0, 0.05) is 0 Å². The average Bonchev–Trinajstić information content (AvgIpc) is 1.94. The second kappa shape index (κ2) is 5.40. The molecule has 11 heavy (non-hydrogen) atoms. The first-order chi connectivity index (χ1) is 5.43. The van der Waals surface area contributed by atoms with Gasteiger partial charge in [0.2, 0.25) is 0 Å². The summed E-state index contributed by atoms with van der Waals surface area (Å²) in [4.78, 5) is 0. The third-order valence-electron chi connectivity index (χ3n) is 2.48. The summed E-state index contributed by atoms with van der Waals surface area (Å²) in [5, 5.41) is 0. The third kappa shape index (κ3) is 3.60. The summed E-state index contributed by atoms with van der Waals surface area (Å²) in [6.07, 6.45) is 14.0. The highest BCUT2D eigenvalue weighted by molar-refractivity contribution is 4.86. The zero-order valence-electron chi connectivity index (χ0n) is 7.39. The molecule has 0 amide bonds. The Labute approximate surface area is 70.7 Å². The fourth-order valence-electron chi connectivity index (χ4n) is 1.77. The minimum Gasteiger partial charge on any atom is -0.0885 e. The molecule has 1 unspecified atom stereocenters. The predicted molar refractivity (Wildman–Crippen MR) is 50.3 cm³/mol. The summed E-state index contributed by atoms with van der Waals surface area (Å²) < 4.78 is 0. The van der Waals surface area contributed by atoms with Crippen molar-refractivity contribution in [3.05, 3.63) is 19.1 Å². The van der Waals surface area contributed by atoms with E-state index < -0.39 is 0 Å². The van der Waals surface area contributed by atoms with Crippen LogP contribution in [0.4, 0.5) is 0 Å². The third-order valence-corrected chi connectivity index (χ3v) is 2.48. The van der Waals surface area contributed by atoms with Gasteiger partial charge in [0.05, 0.1) is 0 Å². The minimum absolute atomic E-state index is 0.934. The van der Waals surface area contributed by atoms with Crippen molar-refractivity contribution < 1.29 is 0 Å². The molecule has 0 heterocycles. The summed E-state index contributed by atoms with van der Waals surface area (Å²) in [6.45, 7) is 3.91. The van der Waals surface area contributed by atoms with Gasteiger partial charge in [-0.15, -0.1) is 0 Å². The normalized spacial score (nSPS) is 26.1. The first kappa shape index (κ1) is 8.83.